The standard InChI is InChI=1S/C17H16N2/c1-12-7-8-14(11-18)16(9-12)19-17-10-15(17)13-5-3-2-4-6-13/h2-9,15,17,19H,10H2,1H3. The van der Waals surface area contributed by atoms with Gasteiger partial charge < -0.3 is 5.32 Å². The van der Waals surface area contributed by atoms with E-state index in [-0.39, 0.29) is 0 Å². The highest BCUT2D eigenvalue weighted by molar-refractivity contribution is 5.60. The van der Waals surface area contributed by atoms with Crippen molar-refractivity contribution in [1.82, 2.24) is 0 Å². The van der Waals surface area contributed by atoms with E-state index in [2.05, 4.69) is 41.7 Å². The van der Waals surface area contributed by atoms with Gasteiger partial charge >= 0.3 is 0 Å². The van der Waals surface area contributed by atoms with Gasteiger partial charge in [0.1, 0.15) is 6.07 Å². The highest BCUT2D eigenvalue weighted by Gasteiger charge is 2.38. The largest absolute Gasteiger partial charge is 0.381 e. The minimum atomic E-state index is 0.455. The predicted octanol–water partition coefficient (Wildman–Crippen LogP) is 3.83. The first kappa shape index (κ1) is 11.8. The molecule has 0 aliphatic heterocycles. The van der Waals surface area contributed by atoms with Crippen LogP contribution in [0.15, 0.2) is 48.5 Å². The van der Waals surface area contributed by atoms with Crippen molar-refractivity contribution in [1.29, 1.82) is 5.26 Å². The Balaban J connectivity index is 1.75. The number of rotatable bonds is 3. The van der Waals surface area contributed by atoms with Crippen molar-refractivity contribution < 1.29 is 0 Å². The van der Waals surface area contributed by atoms with Gasteiger partial charge in [-0.3, -0.25) is 0 Å². The van der Waals surface area contributed by atoms with E-state index in [9.17, 15) is 0 Å². The first-order valence-electron chi connectivity index (χ1n) is 6.60. The van der Waals surface area contributed by atoms with E-state index in [0.29, 0.717) is 12.0 Å². The van der Waals surface area contributed by atoms with Gasteiger partial charge in [0.15, 0.2) is 0 Å². The molecule has 2 aromatic rings. The van der Waals surface area contributed by atoms with Crippen LogP contribution in [0.25, 0.3) is 0 Å². The first-order valence-corrected chi connectivity index (χ1v) is 6.60. The van der Waals surface area contributed by atoms with Crippen LogP contribution in [-0.4, -0.2) is 6.04 Å². The van der Waals surface area contributed by atoms with Crippen molar-refractivity contribution in [2.24, 2.45) is 0 Å². The fraction of sp³-hybridized carbons (Fsp3) is 0.235. The van der Waals surface area contributed by atoms with Crippen LogP contribution < -0.4 is 5.32 Å². The Morgan fingerprint density at radius 3 is 2.68 bits per heavy atom. The maximum Gasteiger partial charge on any atom is 0.101 e. The van der Waals surface area contributed by atoms with Crippen LogP contribution >= 0.6 is 0 Å². The van der Waals surface area contributed by atoms with E-state index in [0.717, 1.165) is 17.7 Å². The molecule has 1 aliphatic rings. The van der Waals surface area contributed by atoms with E-state index in [1.54, 1.807) is 0 Å². The number of aryl methyl sites for hydroxylation is 1. The van der Waals surface area contributed by atoms with Crippen LogP contribution in [0.4, 0.5) is 5.69 Å². The van der Waals surface area contributed by atoms with Crippen molar-refractivity contribution in [2.75, 3.05) is 5.32 Å². The number of hydrogen-bond donors (Lipinski definition) is 1. The molecule has 2 heteroatoms. The lowest BCUT2D eigenvalue weighted by Crippen LogP contribution is -2.06. The Kier molecular flexibility index (Phi) is 2.97. The van der Waals surface area contributed by atoms with Crippen LogP contribution in [0.1, 0.15) is 29.0 Å². The van der Waals surface area contributed by atoms with E-state index >= 15 is 0 Å². The minimum Gasteiger partial charge on any atom is -0.381 e. The second kappa shape index (κ2) is 4.78. The SMILES string of the molecule is Cc1ccc(C#N)c(NC2CC2c2ccccc2)c1. The third kappa shape index (κ3) is 2.46. The molecule has 2 atom stereocenters. The van der Waals surface area contributed by atoms with Crippen LogP contribution in [0.5, 0.6) is 0 Å². The molecule has 1 aliphatic carbocycles. The predicted molar refractivity (Wildman–Crippen MR) is 77.1 cm³/mol. The molecule has 1 saturated carbocycles. The second-order valence-corrected chi connectivity index (χ2v) is 5.16. The number of nitrogens with one attached hydrogen (secondary N) is 1. The molecule has 0 radical (unpaired) electrons. The summed E-state index contributed by atoms with van der Waals surface area (Å²) in [5.41, 5.74) is 4.25. The molecule has 0 aromatic heterocycles. The number of nitrogens with zero attached hydrogens (tertiary/aromatic N) is 1. The summed E-state index contributed by atoms with van der Waals surface area (Å²) >= 11 is 0. The topological polar surface area (TPSA) is 35.8 Å². The summed E-state index contributed by atoms with van der Waals surface area (Å²) in [4.78, 5) is 0. The third-order valence-electron chi connectivity index (χ3n) is 3.65. The van der Waals surface area contributed by atoms with Gasteiger partial charge in [0, 0.05) is 12.0 Å². The number of hydrogen-bond acceptors (Lipinski definition) is 2. The molecule has 0 heterocycles. The summed E-state index contributed by atoms with van der Waals surface area (Å²) in [5.74, 6) is 0.577. The maximum absolute atomic E-state index is 9.14. The lowest BCUT2D eigenvalue weighted by Gasteiger charge is -2.09. The third-order valence-corrected chi connectivity index (χ3v) is 3.65. The molecule has 0 amide bonds. The summed E-state index contributed by atoms with van der Waals surface area (Å²) in [6.07, 6.45) is 1.14. The fourth-order valence-electron chi connectivity index (χ4n) is 2.50. The van der Waals surface area contributed by atoms with Gasteiger partial charge in [0.2, 0.25) is 0 Å². The molecule has 1 N–H and O–H groups in total. The Morgan fingerprint density at radius 1 is 1.16 bits per heavy atom. The van der Waals surface area contributed by atoms with Crippen molar-refractivity contribution >= 4 is 5.69 Å². The second-order valence-electron chi connectivity index (χ2n) is 5.16. The molecular formula is C17H16N2. The molecule has 0 saturated heterocycles. The molecule has 94 valence electrons. The van der Waals surface area contributed by atoms with E-state index in [1.165, 1.54) is 11.1 Å². The van der Waals surface area contributed by atoms with Gasteiger partial charge in [-0.15, -0.1) is 0 Å². The lowest BCUT2D eigenvalue weighted by molar-refractivity contribution is 1.04. The molecule has 19 heavy (non-hydrogen) atoms. The van der Waals surface area contributed by atoms with Crippen molar-refractivity contribution in [3.05, 3.63) is 65.2 Å². The van der Waals surface area contributed by atoms with Crippen LogP contribution in [0.2, 0.25) is 0 Å². The lowest BCUT2D eigenvalue weighted by atomic mass is 10.1. The summed E-state index contributed by atoms with van der Waals surface area (Å²) in [7, 11) is 0. The number of benzene rings is 2. The summed E-state index contributed by atoms with van der Waals surface area (Å²) in [6, 6.07) is 19.2. The molecular weight excluding hydrogens is 232 g/mol. The van der Waals surface area contributed by atoms with Gasteiger partial charge in [-0.2, -0.15) is 5.26 Å². The zero-order valence-corrected chi connectivity index (χ0v) is 10.9. The quantitative estimate of drug-likeness (QED) is 0.896. The summed E-state index contributed by atoms with van der Waals surface area (Å²) in [6.45, 7) is 2.05. The molecule has 3 rings (SSSR count). The summed E-state index contributed by atoms with van der Waals surface area (Å²) in [5, 5.41) is 12.6. The summed E-state index contributed by atoms with van der Waals surface area (Å²) < 4.78 is 0. The van der Waals surface area contributed by atoms with Gasteiger partial charge in [-0.05, 0) is 36.6 Å². The molecule has 2 aromatic carbocycles. The minimum absolute atomic E-state index is 0.455. The van der Waals surface area contributed by atoms with Crippen molar-refractivity contribution in [2.45, 2.75) is 25.3 Å². The zero-order chi connectivity index (χ0) is 13.2. The van der Waals surface area contributed by atoms with Crippen LogP contribution in [-0.2, 0) is 0 Å². The van der Waals surface area contributed by atoms with Crippen LogP contribution in [0, 0.1) is 18.3 Å². The Morgan fingerprint density at radius 2 is 1.95 bits per heavy atom. The van der Waals surface area contributed by atoms with E-state index in [4.69, 9.17) is 5.26 Å². The molecule has 0 spiro atoms. The van der Waals surface area contributed by atoms with Gasteiger partial charge in [0.05, 0.1) is 11.3 Å². The van der Waals surface area contributed by atoms with Gasteiger partial charge in [-0.25, -0.2) is 0 Å². The number of nitriles is 1. The molecule has 2 unspecified atom stereocenters. The highest BCUT2D eigenvalue weighted by atomic mass is 15.0. The van der Waals surface area contributed by atoms with Crippen molar-refractivity contribution in [3.8, 4) is 6.07 Å². The van der Waals surface area contributed by atoms with Crippen LogP contribution in [0.3, 0.4) is 0 Å². The normalized spacial score (nSPS) is 20.6. The maximum atomic E-state index is 9.14. The monoisotopic (exact) mass is 248 g/mol. The van der Waals surface area contributed by atoms with E-state index in [1.807, 2.05) is 25.1 Å². The fourth-order valence-corrected chi connectivity index (χ4v) is 2.50. The Bertz CT molecular complexity index is 625. The zero-order valence-electron chi connectivity index (χ0n) is 10.9. The Labute approximate surface area is 113 Å². The highest BCUT2D eigenvalue weighted by Crippen LogP contribution is 2.43. The molecule has 0 bridgehead atoms. The number of anilines is 1. The average Bonchev–Trinajstić information content (AvgIpc) is 3.19. The first-order chi connectivity index (χ1) is 9.28. The van der Waals surface area contributed by atoms with E-state index < -0.39 is 0 Å². The smallest absolute Gasteiger partial charge is 0.101 e. The van der Waals surface area contributed by atoms with Gasteiger partial charge in [0.25, 0.3) is 0 Å². The average molecular weight is 248 g/mol. The Hall–Kier alpha value is -2.27. The van der Waals surface area contributed by atoms with Gasteiger partial charge in [-0.1, -0.05) is 36.4 Å². The molecule has 1 fully saturated rings. The van der Waals surface area contributed by atoms with Crippen molar-refractivity contribution in [3.63, 3.8) is 0 Å². The molecule has 2 nitrogen and oxygen atoms in total.